The van der Waals surface area contributed by atoms with Crippen molar-refractivity contribution in [1.29, 1.82) is 0 Å². The first-order valence-electron chi connectivity index (χ1n) is 7.48. The highest BCUT2D eigenvalue weighted by Crippen LogP contribution is 2.17. The lowest BCUT2D eigenvalue weighted by Crippen LogP contribution is -2.27. The van der Waals surface area contributed by atoms with Crippen LogP contribution in [0.4, 0.5) is 0 Å². The van der Waals surface area contributed by atoms with Crippen molar-refractivity contribution in [1.82, 2.24) is 15.1 Å². The fraction of sp³-hybridized carbons (Fsp3) is 0.167. The van der Waals surface area contributed by atoms with E-state index in [2.05, 4.69) is 10.2 Å². The van der Waals surface area contributed by atoms with Crippen LogP contribution in [0.15, 0.2) is 59.0 Å². The molecule has 3 aromatic rings. The summed E-state index contributed by atoms with van der Waals surface area (Å²) in [6.45, 7) is 0.270. The summed E-state index contributed by atoms with van der Waals surface area (Å²) in [5.41, 5.74) is 1.76. The van der Waals surface area contributed by atoms with Crippen molar-refractivity contribution in [2.24, 2.45) is 0 Å². The van der Waals surface area contributed by atoms with Gasteiger partial charge in [-0.15, -0.1) is 10.2 Å². The Morgan fingerprint density at radius 3 is 2.50 bits per heavy atom. The standard InChI is InChI=1S/C18H16ClN3O2/c1-22(17(23)11-13-7-9-15(19)10-8-13)12-16-20-21-18(24-16)14-5-3-2-4-6-14/h2-10H,11-12H2,1H3. The van der Waals surface area contributed by atoms with E-state index in [1.165, 1.54) is 0 Å². The van der Waals surface area contributed by atoms with Crippen LogP contribution in [0.2, 0.25) is 5.02 Å². The van der Waals surface area contributed by atoms with Crippen LogP contribution in [0.25, 0.3) is 11.5 Å². The van der Waals surface area contributed by atoms with E-state index >= 15 is 0 Å². The highest BCUT2D eigenvalue weighted by Gasteiger charge is 2.15. The number of aromatic nitrogens is 2. The van der Waals surface area contributed by atoms with Crippen molar-refractivity contribution in [3.63, 3.8) is 0 Å². The first-order valence-corrected chi connectivity index (χ1v) is 7.86. The number of carbonyl (C=O) groups excluding carboxylic acids is 1. The molecule has 1 aromatic heterocycles. The lowest BCUT2D eigenvalue weighted by molar-refractivity contribution is -0.130. The van der Waals surface area contributed by atoms with Crippen molar-refractivity contribution in [2.75, 3.05) is 7.05 Å². The molecule has 0 radical (unpaired) electrons. The second-order valence-corrected chi connectivity index (χ2v) is 5.86. The molecule has 0 bridgehead atoms. The van der Waals surface area contributed by atoms with Crippen LogP contribution in [0.1, 0.15) is 11.5 Å². The number of hydrogen-bond donors (Lipinski definition) is 0. The van der Waals surface area contributed by atoms with Gasteiger partial charge in [-0.25, -0.2) is 0 Å². The largest absolute Gasteiger partial charge is 0.419 e. The van der Waals surface area contributed by atoms with Gasteiger partial charge in [-0.2, -0.15) is 0 Å². The number of rotatable bonds is 5. The molecule has 0 aliphatic carbocycles. The maximum absolute atomic E-state index is 12.3. The minimum atomic E-state index is -0.0308. The Kier molecular flexibility index (Phi) is 4.91. The number of hydrogen-bond acceptors (Lipinski definition) is 4. The smallest absolute Gasteiger partial charge is 0.247 e. The van der Waals surface area contributed by atoms with Gasteiger partial charge in [0.15, 0.2) is 0 Å². The van der Waals surface area contributed by atoms with Crippen molar-refractivity contribution >= 4 is 17.5 Å². The van der Waals surface area contributed by atoms with E-state index in [1.807, 2.05) is 42.5 Å². The van der Waals surface area contributed by atoms with Gasteiger partial charge < -0.3 is 9.32 Å². The molecule has 0 saturated carbocycles. The SMILES string of the molecule is CN(Cc1nnc(-c2ccccc2)o1)C(=O)Cc1ccc(Cl)cc1. The van der Waals surface area contributed by atoms with Crippen molar-refractivity contribution in [3.8, 4) is 11.5 Å². The molecule has 3 rings (SSSR count). The molecule has 122 valence electrons. The van der Waals surface area contributed by atoms with Crippen LogP contribution < -0.4 is 0 Å². The van der Waals surface area contributed by atoms with E-state index in [9.17, 15) is 4.79 Å². The summed E-state index contributed by atoms with van der Waals surface area (Å²) in [6, 6.07) is 16.7. The van der Waals surface area contributed by atoms with Gasteiger partial charge in [0.05, 0.1) is 13.0 Å². The number of likely N-dealkylation sites (N-methyl/N-ethyl adjacent to an activating group) is 1. The molecule has 0 unspecified atom stereocenters. The monoisotopic (exact) mass is 341 g/mol. The zero-order valence-corrected chi connectivity index (χ0v) is 13.9. The molecule has 0 fully saturated rings. The van der Waals surface area contributed by atoms with Crippen molar-refractivity contribution < 1.29 is 9.21 Å². The van der Waals surface area contributed by atoms with Crippen molar-refractivity contribution in [3.05, 3.63) is 71.1 Å². The minimum absolute atomic E-state index is 0.0308. The van der Waals surface area contributed by atoms with Crippen LogP contribution in [-0.2, 0) is 17.8 Å². The second-order valence-electron chi connectivity index (χ2n) is 5.42. The third-order valence-electron chi connectivity index (χ3n) is 3.55. The van der Waals surface area contributed by atoms with Gasteiger partial charge in [-0.1, -0.05) is 41.9 Å². The summed E-state index contributed by atoms with van der Waals surface area (Å²) in [5.74, 6) is 0.821. The van der Waals surface area contributed by atoms with Crippen LogP contribution in [0, 0.1) is 0 Å². The van der Waals surface area contributed by atoms with Gasteiger partial charge in [-0.05, 0) is 29.8 Å². The number of carbonyl (C=O) groups is 1. The van der Waals surface area contributed by atoms with Crippen LogP contribution in [0.3, 0.4) is 0 Å². The Balaban J connectivity index is 1.62. The van der Waals surface area contributed by atoms with Crippen LogP contribution in [0.5, 0.6) is 0 Å². The summed E-state index contributed by atoms with van der Waals surface area (Å²) in [6.07, 6.45) is 0.299. The number of halogens is 1. The quantitative estimate of drug-likeness (QED) is 0.711. The van der Waals surface area contributed by atoms with E-state index < -0.39 is 0 Å². The summed E-state index contributed by atoms with van der Waals surface area (Å²) in [5, 5.41) is 8.68. The first kappa shape index (κ1) is 16.2. The molecule has 5 nitrogen and oxygen atoms in total. The molecule has 0 aliphatic rings. The predicted molar refractivity (Wildman–Crippen MR) is 91.4 cm³/mol. The molecular weight excluding hydrogens is 326 g/mol. The topological polar surface area (TPSA) is 59.2 Å². The minimum Gasteiger partial charge on any atom is -0.419 e. The average molecular weight is 342 g/mol. The average Bonchev–Trinajstić information content (AvgIpc) is 3.06. The fourth-order valence-electron chi connectivity index (χ4n) is 2.22. The normalized spacial score (nSPS) is 10.6. The van der Waals surface area contributed by atoms with Gasteiger partial charge in [0.25, 0.3) is 0 Å². The molecule has 1 amide bonds. The van der Waals surface area contributed by atoms with E-state index in [0.717, 1.165) is 11.1 Å². The summed E-state index contributed by atoms with van der Waals surface area (Å²) in [4.78, 5) is 13.8. The van der Waals surface area contributed by atoms with Gasteiger partial charge in [0.1, 0.15) is 0 Å². The molecule has 0 saturated heterocycles. The highest BCUT2D eigenvalue weighted by atomic mass is 35.5. The Bertz CT molecular complexity index is 816. The zero-order valence-electron chi connectivity index (χ0n) is 13.1. The zero-order chi connectivity index (χ0) is 16.9. The Hall–Kier alpha value is -2.66. The molecule has 0 N–H and O–H groups in total. The number of nitrogens with zero attached hydrogens (tertiary/aromatic N) is 3. The van der Waals surface area contributed by atoms with E-state index in [1.54, 1.807) is 24.1 Å². The second kappa shape index (κ2) is 7.27. The number of benzene rings is 2. The van der Waals surface area contributed by atoms with E-state index in [-0.39, 0.29) is 12.5 Å². The third-order valence-corrected chi connectivity index (χ3v) is 3.81. The molecule has 0 spiro atoms. The molecule has 6 heteroatoms. The van der Waals surface area contributed by atoms with Gasteiger partial charge >= 0.3 is 0 Å². The van der Waals surface area contributed by atoms with E-state index in [4.69, 9.17) is 16.0 Å². The van der Waals surface area contributed by atoms with Gasteiger partial charge in [0, 0.05) is 17.6 Å². The summed E-state index contributed by atoms with van der Waals surface area (Å²) in [7, 11) is 1.71. The maximum Gasteiger partial charge on any atom is 0.247 e. The highest BCUT2D eigenvalue weighted by molar-refractivity contribution is 6.30. The maximum atomic E-state index is 12.3. The molecule has 2 aromatic carbocycles. The summed E-state index contributed by atoms with van der Waals surface area (Å²) >= 11 is 5.85. The van der Waals surface area contributed by atoms with Crippen LogP contribution >= 0.6 is 11.6 Å². The molecule has 0 aliphatic heterocycles. The van der Waals surface area contributed by atoms with Crippen LogP contribution in [-0.4, -0.2) is 28.1 Å². The predicted octanol–water partition coefficient (Wildman–Crippen LogP) is 3.59. The van der Waals surface area contributed by atoms with Gasteiger partial charge in [-0.3, -0.25) is 4.79 Å². The molecule has 24 heavy (non-hydrogen) atoms. The number of amides is 1. The molecular formula is C18H16ClN3O2. The third kappa shape index (κ3) is 4.00. The Morgan fingerprint density at radius 1 is 1.08 bits per heavy atom. The van der Waals surface area contributed by atoms with Gasteiger partial charge in [0.2, 0.25) is 17.7 Å². The first-order chi connectivity index (χ1) is 11.6. The molecule has 0 atom stereocenters. The Morgan fingerprint density at radius 2 is 1.79 bits per heavy atom. The lowest BCUT2D eigenvalue weighted by atomic mass is 10.1. The molecule has 1 heterocycles. The lowest BCUT2D eigenvalue weighted by Gasteiger charge is -2.14. The Labute approximate surface area is 144 Å². The van der Waals surface area contributed by atoms with Crippen molar-refractivity contribution in [2.45, 2.75) is 13.0 Å². The van der Waals surface area contributed by atoms with E-state index in [0.29, 0.717) is 23.2 Å². The summed E-state index contributed by atoms with van der Waals surface area (Å²) < 4.78 is 5.62. The fourth-order valence-corrected chi connectivity index (χ4v) is 2.34.